The highest BCUT2D eigenvalue weighted by Gasteiger charge is 2.31. The molecule has 4 rings (SSSR count). The van der Waals surface area contributed by atoms with Crippen LogP contribution in [0.1, 0.15) is 29.6 Å². The van der Waals surface area contributed by atoms with Crippen LogP contribution in [-0.4, -0.2) is 51.0 Å². The molecule has 1 aromatic carbocycles. The van der Waals surface area contributed by atoms with Crippen LogP contribution in [0.5, 0.6) is 0 Å². The lowest BCUT2D eigenvalue weighted by molar-refractivity contribution is 0.0748. The fourth-order valence-corrected chi connectivity index (χ4v) is 3.48. The summed E-state index contributed by atoms with van der Waals surface area (Å²) in [4.78, 5) is 14.7. The summed E-state index contributed by atoms with van der Waals surface area (Å²) in [6.07, 6.45) is 3.48. The number of hydrogen-bond donors (Lipinski definition) is 1. The van der Waals surface area contributed by atoms with E-state index in [2.05, 4.69) is 15.6 Å². The maximum atomic E-state index is 12.7. The van der Waals surface area contributed by atoms with Gasteiger partial charge in [-0.1, -0.05) is 5.21 Å². The fourth-order valence-electron chi connectivity index (χ4n) is 3.48. The van der Waals surface area contributed by atoms with Gasteiger partial charge in [0.1, 0.15) is 5.52 Å². The first-order chi connectivity index (χ1) is 10.2. The number of aryl methyl sites for hydroxylation is 1. The molecule has 2 aliphatic heterocycles. The zero-order valence-corrected chi connectivity index (χ0v) is 12.1. The van der Waals surface area contributed by atoms with Crippen LogP contribution in [0.4, 0.5) is 0 Å². The average molecular weight is 285 g/mol. The number of aromatic nitrogens is 3. The third kappa shape index (κ3) is 2.19. The van der Waals surface area contributed by atoms with Gasteiger partial charge < -0.3 is 10.2 Å². The van der Waals surface area contributed by atoms with Crippen molar-refractivity contribution in [2.75, 3.05) is 13.1 Å². The fraction of sp³-hybridized carbons (Fsp3) is 0.533. The molecule has 0 saturated carbocycles. The van der Waals surface area contributed by atoms with E-state index in [1.54, 1.807) is 4.68 Å². The van der Waals surface area contributed by atoms with Gasteiger partial charge in [-0.05, 0) is 37.5 Å². The second-order valence-corrected chi connectivity index (χ2v) is 6.09. The standard InChI is InChI=1S/C15H19N5O/c1-19-14-5-2-10(8-13(14)17-18-19)15(21)20-7-6-11-3-4-12(9-20)16-11/h2,5,8,11-12,16H,3-4,6-7,9H2,1H3. The Balaban J connectivity index is 1.60. The maximum Gasteiger partial charge on any atom is 0.253 e. The summed E-state index contributed by atoms with van der Waals surface area (Å²) >= 11 is 0. The first-order valence-electron chi connectivity index (χ1n) is 7.55. The highest BCUT2D eigenvalue weighted by Crippen LogP contribution is 2.22. The van der Waals surface area contributed by atoms with Crippen molar-refractivity contribution in [3.05, 3.63) is 23.8 Å². The van der Waals surface area contributed by atoms with Crippen molar-refractivity contribution in [1.29, 1.82) is 0 Å². The van der Waals surface area contributed by atoms with E-state index in [0.29, 0.717) is 17.6 Å². The SMILES string of the molecule is Cn1nnc2cc(C(=O)N3CCC4CCC(C3)N4)ccc21. The Hall–Kier alpha value is -1.95. The molecule has 2 bridgehead atoms. The number of rotatable bonds is 1. The zero-order chi connectivity index (χ0) is 14.4. The maximum absolute atomic E-state index is 12.7. The molecule has 2 unspecified atom stereocenters. The topological polar surface area (TPSA) is 63.1 Å². The monoisotopic (exact) mass is 285 g/mol. The van der Waals surface area contributed by atoms with Crippen LogP contribution >= 0.6 is 0 Å². The number of carbonyl (C=O) groups is 1. The van der Waals surface area contributed by atoms with Crippen LogP contribution in [0.15, 0.2) is 18.2 Å². The molecular formula is C15H19N5O. The van der Waals surface area contributed by atoms with Gasteiger partial charge in [0.05, 0.1) is 5.52 Å². The van der Waals surface area contributed by atoms with Crippen molar-refractivity contribution < 1.29 is 4.79 Å². The summed E-state index contributed by atoms with van der Waals surface area (Å²) in [6, 6.07) is 6.70. The molecule has 1 aromatic heterocycles. The number of carbonyl (C=O) groups excluding carboxylic acids is 1. The molecule has 1 amide bonds. The summed E-state index contributed by atoms with van der Waals surface area (Å²) in [5.74, 6) is 0.108. The second-order valence-electron chi connectivity index (χ2n) is 6.09. The Kier molecular flexibility index (Phi) is 2.92. The van der Waals surface area contributed by atoms with Gasteiger partial charge in [-0.2, -0.15) is 0 Å². The molecule has 2 aliphatic rings. The molecule has 2 fully saturated rings. The Morgan fingerprint density at radius 3 is 3.05 bits per heavy atom. The first-order valence-corrected chi connectivity index (χ1v) is 7.55. The molecule has 110 valence electrons. The van der Waals surface area contributed by atoms with E-state index in [0.717, 1.165) is 30.5 Å². The lowest BCUT2D eigenvalue weighted by Crippen LogP contribution is -2.39. The second kappa shape index (κ2) is 4.80. The molecule has 0 radical (unpaired) electrons. The minimum absolute atomic E-state index is 0.108. The van der Waals surface area contributed by atoms with Crippen molar-refractivity contribution in [2.24, 2.45) is 7.05 Å². The number of amides is 1. The van der Waals surface area contributed by atoms with Crippen LogP contribution < -0.4 is 5.32 Å². The van der Waals surface area contributed by atoms with Crippen LogP contribution in [-0.2, 0) is 7.05 Å². The molecule has 6 heteroatoms. The normalized spacial score (nSPS) is 25.3. The van der Waals surface area contributed by atoms with Gasteiger partial charge in [-0.3, -0.25) is 4.79 Å². The van der Waals surface area contributed by atoms with Gasteiger partial charge in [-0.15, -0.1) is 5.10 Å². The van der Waals surface area contributed by atoms with Gasteiger partial charge in [0.15, 0.2) is 0 Å². The lowest BCUT2D eigenvalue weighted by Gasteiger charge is -2.24. The number of fused-ring (bicyclic) bond motifs is 3. The van der Waals surface area contributed by atoms with E-state index >= 15 is 0 Å². The summed E-state index contributed by atoms with van der Waals surface area (Å²) in [5.41, 5.74) is 2.43. The number of benzene rings is 1. The smallest absolute Gasteiger partial charge is 0.253 e. The average Bonchev–Trinajstić information content (AvgIpc) is 3.01. The van der Waals surface area contributed by atoms with E-state index in [4.69, 9.17) is 0 Å². The largest absolute Gasteiger partial charge is 0.337 e. The molecule has 2 saturated heterocycles. The Bertz CT molecular complexity index is 694. The van der Waals surface area contributed by atoms with E-state index in [9.17, 15) is 4.79 Å². The van der Waals surface area contributed by atoms with Crippen molar-refractivity contribution >= 4 is 16.9 Å². The molecule has 1 N–H and O–H groups in total. The van der Waals surface area contributed by atoms with Crippen molar-refractivity contribution in [1.82, 2.24) is 25.2 Å². The predicted octanol–water partition coefficient (Wildman–Crippen LogP) is 0.935. The summed E-state index contributed by atoms with van der Waals surface area (Å²) in [6.45, 7) is 1.65. The number of likely N-dealkylation sites (tertiary alicyclic amines) is 1. The molecule has 21 heavy (non-hydrogen) atoms. The Morgan fingerprint density at radius 2 is 2.14 bits per heavy atom. The lowest BCUT2D eigenvalue weighted by atomic mass is 10.1. The van der Waals surface area contributed by atoms with Crippen LogP contribution in [0, 0.1) is 0 Å². The first kappa shape index (κ1) is 12.8. The van der Waals surface area contributed by atoms with Gasteiger partial charge in [0.25, 0.3) is 5.91 Å². The molecule has 3 heterocycles. The van der Waals surface area contributed by atoms with E-state index in [1.807, 2.05) is 30.1 Å². The number of hydrogen-bond acceptors (Lipinski definition) is 4. The summed E-state index contributed by atoms with van der Waals surface area (Å²) < 4.78 is 1.72. The molecule has 6 nitrogen and oxygen atoms in total. The van der Waals surface area contributed by atoms with Gasteiger partial charge in [0.2, 0.25) is 0 Å². The van der Waals surface area contributed by atoms with Crippen molar-refractivity contribution in [3.8, 4) is 0 Å². The highest BCUT2D eigenvalue weighted by molar-refractivity contribution is 5.97. The molecule has 2 aromatic rings. The van der Waals surface area contributed by atoms with Crippen LogP contribution in [0.2, 0.25) is 0 Å². The molecular weight excluding hydrogens is 266 g/mol. The quantitative estimate of drug-likeness (QED) is 0.847. The number of nitrogens with zero attached hydrogens (tertiary/aromatic N) is 4. The van der Waals surface area contributed by atoms with Crippen molar-refractivity contribution in [3.63, 3.8) is 0 Å². The number of nitrogens with one attached hydrogen (secondary N) is 1. The minimum Gasteiger partial charge on any atom is -0.337 e. The Morgan fingerprint density at radius 1 is 1.29 bits per heavy atom. The summed E-state index contributed by atoms with van der Waals surface area (Å²) in [7, 11) is 1.86. The van der Waals surface area contributed by atoms with Gasteiger partial charge in [-0.25, -0.2) is 4.68 Å². The van der Waals surface area contributed by atoms with E-state index in [-0.39, 0.29) is 5.91 Å². The van der Waals surface area contributed by atoms with Gasteiger partial charge >= 0.3 is 0 Å². The third-order valence-electron chi connectivity index (χ3n) is 4.67. The van der Waals surface area contributed by atoms with Gasteiger partial charge in [0, 0.05) is 37.8 Å². The summed E-state index contributed by atoms with van der Waals surface area (Å²) in [5, 5.41) is 11.7. The molecule has 0 spiro atoms. The third-order valence-corrected chi connectivity index (χ3v) is 4.67. The van der Waals surface area contributed by atoms with Crippen LogP contribution in [0.25, 0.3) is 11.0 Å². The molecule has 2 atom stereocenters. The predicted molar refractivity (Wildman–Crippen MR) is 79.0 cm³/mol. The van der Waals surface area contributed by atoms with Crippen molar-refractivity contribution in [2.45, 2.75) is 31.3 Å². The Labute approximate surface area is 123 Å². The zero-order valence-electron chi connectivity index (χ0n) is 12.1. The van der Waals surface area contributed by atoms with Crippen LogP contribution in [0.3, 0.4) is 0 Å². The molecule has 0 aliphatic carbocycles. The minimum atomic E-state index is 0.108. The van der Waals surface area contributed by atoms with E-state index < -0.39 is 0 Å². The van der Waals surface area contributed by atoms with E-state index in [1.165, 1.54) is 12.8 Å². The highest BCUT2D eigenvalue weighted by atomic mass is 16.2.